The van der Waals surface area contributed by atoms with Crippen molar-refractivity contribution >= 4 is 45.0 Å². The zero-order valence-electron chi connectivity index (χ0n) is 18.2. The summed E-state index contributed by atoms with van der Waals surface area (Å²) < 4.78 is 0. The lowest BCUT2D eigenvalue weighted by Gasteiger charge is -2.10. The van der Waals surface area contributed by atoms with Crippen LogP contribution >= 0.6 is 11.6 Å². The van der Waals surface area contributed by atoms with Crippen molar-refractivity contribution in [2.45, 2.75) is 26.2 Å². The van der Waals surface area contributed by atoms with Crippen LogP contribution in [0.15, 0.2) is 72.9 Å². The number of pyridine rings is 2. The van der Waals surface area contributed by atoms with Gasteiger partial charge < -0.3 is 10.3 Å². The second-order valence-corrected chi connectivity index (χ2v) is 8.55. The molecule has 2 N–H and O–H groups in total. The first-order valence-corrected chi connectivity index (χ1v) is 11.3. The highest BCUT2D eigenvalue weighted by Gasteiger charge is 2.15. The standard InChI is InChI=1S/C27H23ClN4O/c1-17-15-25(20-7-2-3-9-22(20)30-17)31-26(33)11-6-8-19-21-16-18(28)12-13-23(21)32-27(19)24-10-4-5-14-29-24/h2-5,7,9-10,12-16,32H,6,8,11H2,1H3,(H,30,31,33). The Hall–Kier alpha value is -3.70. The number of amides is 1. The number of anilines is 1. The topological polar surface area (TPSA) is 70.7 Å². The Bertz CT molecular complexity index is 1460. The predicted octanol–water partition coefficient (Wildman–Crippen LogP) is 6.70. The number of H-pyrrole nitrogens is 1. The van der Waals surface area contributed by atoms with Gasteiger partial charge in [0.05, 0.1) is 22.6 Å². The third-order valence-electron chi connectivity index (χ3n) is 5.74. The Morgan fingerprint density at radius 1 is 1.03 bits per heavy atom. The fourth-order valence-corrected chi connectivity index (χ4v) is 4.43. The van der Waals surface area contributed by atoms with Crippen LogP contribution in [0.4, 0.5) is 5.69 Å². The summed E-state index contributed by atoms with van der Waals surface area (Å²) in [5.41, 5.74) is 6.55. The van der Waals surface area contributed by atoms with E-state index < -0.39 is 0 Å². The minimum absolute atomic E-state index is 0.0111. The van der Waals surface area contributed by atoms with Crippen LogP contribution in [0, 0.1) is 6.92 Å². The van der Waals surface area contributed by atoms with E-state index in [1.54, 1.807) is 6.20 Å². The summed E-state index contributed by atoms with van der Waals surface area (Å²) in [7, 11) is 0. The molecular formula is C27H23ClN4O. The number of fused-ring (bicyclic) bond motifs is 2. The summed E-state index contributed by atoms with van der Waals surface area (Å²) in [6.07, 6.45) is 3.62. The molecule has 6 heteroatoms. The van der Waals surface area contributed by atoms with Gasteiger partial charge in [-0.2, -0.15) is 0 Å². The number of aromatic amines is 1. The van der Waals surface area contributed by atoms with Gasteiger partial charge in [-0.25, -0.2) is 0 Å². The zero-order valence-corrected chi connectivity index (χ0v) is 19.0. The Kier molecular flexibility index (Phi) is 5.80. The van der Waals surface area contributed by atoms with Gasteiger partial charge in [0.25, 0.3) is 0 Å². The minimum Gasteiger partial charge on any atom is -0.353 e. The van der Waals surface area contributed by atoms with Gasteiger partial charge in [0.1, 0.15) is 0 Å². The van der Waals surface area contributed by atoms with Crippen LogP contribution in [0.1, 0.15) is 24.1 Å². The molecule has 0 saturated carbocycles. The maximum Gasteiger partial charge on any atom is 0.224 e. The molecule has 0 aliphatic rings. The van der Waals surface area contributed by atoms with Gasteiger partial charge in [-0.3, -0.25) is 14.8 Å². The van der Waals surface area contributed by atoms with Crippen molar-refractivity contribution in [3.8, 4) is 11.4 Å². The molecule has 3 heterocycles. The maximum absolute atomic E-state index is 12.8. The highest BCUT2D eigenvalue weighted by molar-refractivity contribution is 6.31. The Morgan fingerprint density at radius 3 is 2.73 bits per heavy atom. The lowest BCUT2D eigenvalue weighted by atomic mass is 10.0. The van der Waals surface area contributed by atoms with E-state index in [2.05, 4.69) is 20.3 Å². The number of rotatable bonds is 6. The normalized spacial score (nSPS) is 11.2. The molecule has 1 amide bonds. The van der Waals surface area contributed by atoms with E-state index in [9.17, 15) is 4.79 Å². The lowest BCUT2D eigenvalue weighted by molar-refractivity contribution is -0.116. The number of benzene rings is 2. The van der Waals surface area contributed by atoms with E-state index in [1.807, 2.05) is 73.7 Å². The van der Waals surface area contributed by atoms with Crippen molar-refractivity contribution in [2.75, 3.05) is 5.32 Å². The van der Waals surface area contributed by atoms with Crippen molar-refractivity contribution in [3.63, 3.8) is 0 Å². The van der Waals surface area contributed by atoms with Gasteiger partial charge >= 0.3 is 0 Å². The molecule has 0 aliphatic heterocycles. The number of nitrogens with one attached hydrogen (secondary N) is 2. The van der Waals surface area contributed by atoms with E-state index >= 15 is 0 Å². The van der Waals surface area contributed by atoms with Crippen molar-refractivity contribution in [1.29, 1.82) is 0 Å². The van der Waals surface area contributed by atoms with Crippen molar-refractivity contribution in [3.05, 3.63) is 89.2 Å². The van der Waals surface area contributed by atoms with Crippen LogP contribution in [0.3, 0.4) is 0 Å². The molecule has 164 valence electrons. The molecule has 0 atom stereocenters. The van der Waals surface area contributed by atoms with Crippen LogP contribution in [0.2, 0.25) is 5.02 Å². The van der Waals surface area contributed by atoms with Gasteiger partial charge in [-0.1, -0.05) is 35.9 Å². The number of carbonyl (C=O) groups is 1. The first-order valence-electron chi connectivity index (χ1n) is 11.0. The number of carbonyl (C=O) groups excluding carboxylic acids is 1. The predicted molar refractivity (Wildman–Crippen MR) is 135 cm³/mol. The quantitative estimate of drug-likeness (QED) is 0.300. The highest BCUT2D eigenvalue weighted by Crippen LogP contribution is 2.32. The van der Waals surface area contributed by atoms with Crippen LogP contribution in [0.25, 0.3) is 33.2 Å². The summed E-state index contributed by atoms with van der Waals surface area (Å²) in [6, 6.07) is 21.4. The van der Waals surface area contributed by atoms with Crippen LogP contribution in [0.5, 0.6) is 0 Å². The molecule has 5 rings (SSSR count). The number of hydrogen-bond donors (Lipinski definition) is 2. The molecule has 0 radical (unpaired) electrons. The number of nitrogens with zero attached hydrogens (tertiary/aromatic N) is 2. The average Bonchev–Trinajstić information content (AvgIpc) is 3.17. The van der Waals surface area contributed by atoms with Crippen LogP contribution < -0.4 is 5.32 Å². The highest BCUT2D eigenvalue weighted by atomic mass is 35.5. The third-order valence-corrected chi connectivity index (χ3v) is 5.97. The molecule has 5 nitrogen and oxygen atoms in total. The maximum atomic E-state index is 12.8. The molecule has 0 unspecified atom stereocenters. The molecule has 0 saturated heterocycles. The zero-order chi connectivity index (χ0) is 22.8. The number of hydrogen-bond acceptors (Lipinski definition) is 3. The molecule has 2 aromatic carbocycles. The summed E-state index contributed by atoms with van der Waals surface area (Å²) in [4.78, 5) is 25.3. The monoisotopic (exact) mass is 454 g/mol. The molecule has 0 spiro atoms. The van der Waals surface area contributed by atoms with Crippen molar-refractivity contribution in [2.24, 2.45) is 0 Å². The average molecular weight is 455 g/mol. The van der Waals surface area contributed by atoms with E-state index in [0.29, 0.717) is 17.9 Å². The summed E-state index contributed by atoms with van der Waals surface area (Å²) >= 11 is 6.28. The van der Waals surface area contributed by atoms with Gasteiger partial charge in [-0.05, 0) is 67.8 Å². The number of halogens is 1. The third kappa shape index (κ3) is 4.45. The molecular weight excluding hydrogens is 432 g/mol. The molecule has 3 aromatic heterocycles. The van der Waals surface area contributed by atoms with Crippen molar-refractivity contribution in [1.82, 2.24) is 15.0 Å². The van der Waals surface area contributed by atoms with Gasteiger partial charge in [0, 0.05) is 39.6 Å². The Balaban J connectivity index is 1.36. The van der Waals surface area contributed by atoms with Crippen LogP contribution in [-0.2, 0) is 11.2 Å². The smallest absolute Gasteiger partial charge is 0.224 e. The summed E-state index contributed by atoms with van der Waals surface area (Å²) in [6.45, 7) is 1.93. The van der Waals surface area contributed by atoms with E-state index in [1.165, 1.54) is 0 Å². The van der Waals surface area contributed by atoms with Gasteiger partial charge in [0.2, 0.25) is 5.91 Å². The first kappa shape index (κ1) is 21.2. The van der Waals surface area contributed by atoms with Crippen molar-refractivity contribution < 1.29 is 4.79 Å². The number of para-hydroxylation sites is 1. The SMILES string of the molecule is Cc1cc(NC(=O)CCCc2c(-c3ccccn3)[nH]c3ccc(Cl)cc23)c2ccccc2n1. The Labute approximate surface area is 196 Å². The molecule has 0 bridgehead atoms. The molecule has 5 aromatic rings. The number of aryl methyl sites for hydroxylation is 2. The first-order chi connectivity index (χ1) is 16.1. The van der Waals surface area contributed by atoms with Crippen LogP contribution in [-0.4, -0.2) is 20.9 Å². The largest absolute Gasteiger partial charge is 0.353 e. The minimum atomic E-state index is -0.0111. The number of aromatic nitrogens is 3. The van der Waals surface area contributed by atoms with Gasteiger partial charge in [-0.15, -0.1) is 0 Å². The molecule has 33 heavy (non-hydrogen) atoms. The Morgan fingerprint density at radius 2 is 1.88 bits per heavy atom. The fraction of sp³-hybridized carbons (Fsp3) is 0.148. The summed E-state index contributed by atoms with van der Waals surface area (Å²) in [5, 5.41) is 5.78. The van der Waals surface area contributed by atoms with Gasteiger partial charge in [0.15, 0.2) is 0 Å². The second kappa shape index (κ2) is 9.04. The second-order valence-electron chi connectivity index (χ2n) is 8.11. The fourth-order valence-electron chi connectivity index (χ4n) is 4.26. The summed E-state index contributed by atoms with van der Waals surface area (Å²) in [5.74, 6) is -0.0111. The van der Waals surface area contributed by atoms with E-state index in [4.69, 9.17) is 11.6 Å². The molecule has 0 fully saturated rings. The van der Waals surface area contributed by atoms with E-state index in [0.717, 1.165) is 56.6 Å². The van der Waals surface area contributed by atoms with E-state index in [-0.39, 0.29) is 5.91 Å². The lowest BCUT2D eigenvalue weighted by Crippen LogP contribution is -2.12. The molecule has 0 aliphatic carbocycles.